The van der Waals surface area contributed by atoms with Crippen LogP contribution in [0.5, 0.6) is 0 Å². The van der Waals surface area contributed by atoms with E-state index in [1.807, 2.05) is 0 Å². The van der Waals surface area contributed by atoms with Gasteiger partial charge in [0.15, 0.2) is 11.5 Å². The molecule has 0 saturated heterocycles. The van der Waals surface area contributed by atoms with Crippen molar-refractivity contribution in [3.05, 3.63) is 30.2 Å². The van der Waals surface area contributed by atoms with E-state index in [1.54, 1.807) is 24.5 Å². The highest BCUT2D eigenvalue weighted by atomic mass is 16.3. The van der Waals surface area contributed by atoms with E-state index in [2.05, 4.69) is 22.4 Å². The summed E-state index contributed by atoms with van der Waals surface area (Å²) in [5.74, 6) is 0.434. The van der Waals surface area contributed by atoms with Crippen molar-refractivity contribution in [3.63, 3.8) is 0 Å². The maximum Gasteiger partial charge on any atom is 0.272 e. The molecule has 1 amide bonds. The Balaban J connectivity index is 1.99. The van der Waals surface area contributed by atoms with Crippen molar-refractivity contribution in [1.29, 1.82) is 0 Å². The molecule has 2 aromatic rings. The van der Waals surface area contributed by atoms with Gasteiger partial charge in [0.2, 0.25) is 0 Å². The van der Waals surface area contributed by atoms with Crippen LogP contribution in [0, 0.1) is 0 Å². The number of rotatable bonds is 7. The zero-order valence-corrected chi connectivity index (χ0v) is 11.6. The van der Waals surface area contributed by atoms with Gasteiger partial charge in [0.05, 0.1) is 6.26 Å². The first kappa shape index (κ1) is 14.3. The summed E-state index contributed by atoms with van der Waals surface area (Å²) in [5.41, 5.74) is 6.68. The second-order valence-electron chi connectivity index (χ2n) is 4.69. The second kappa shape index (κ2) is 6.91. The van der Waals surface area contributed by atoms with E-state index in [9.17, 15) is 4.79 Å². The molecule has 6 nitrogen and oxygen atoms in total. The van der Waals surface area contributed by atoms with Gasteiger partial charge in [0, 0.05) is 18.7 Å². The molecule has 1 atom stereocenters. The molecular weight excluding hydrogens is 256 g/mol. The van der Waals surface area contributed by atoms with E-state index in [4.69, 9.17) is 10.2 Å². The minimum absolute atomic E-state index is 0.00814. The van der Waals surface area contributed by atoms with Crippen LogP contribution in [0.3, 0.4) is 0 Å². The van der Waals surface area contributed by atoms with E-state index in [0.29, 0.717) is 23.7 Å². The van der Waals surface area contributed by atoms with Gasteiger partial charge in [-0.2, -0.15) is 5.10 Å². The molecule has 4 N–H and O–H groups in total. The third kappa shape index (κ3) is 3.48. The molecule has 0 radical (unpaired) electrons. The molecule has 0 aliphatic heterocycles. The monoisotopic (exact) mass is 276 g/mol. The quantitative estimate of drug-likeness (QED) is 0.719. The van der Waals surface area contributed by atoms with Crippen LogP contribution in [-0.2, 0) is 0 Å². The number of nitrogens with two attached hydrogens (primary N) is 1. The van der Waals surface area contributed by atoms with Crippen LogP contribution in [0.2, 0.25) is 0 Å². The number of carbonyl (C=O) groups is 1. The number of aromatic nitrogens is 2. The van der Waals surface area contributed by atoms with Crippen LogP contribution in [0.15, 0.2) is 28.9 Å². The fraction of sp³-hybridized carbons (Fsp3) is 0.429. The lowest BCUT2D eigenvalue weighted by Gasteiger charge is -2.15. The maximum absolute atomic E-state index is 12.1. The zero-order chi connectivity index (χ0) is 14.4. The van der Waals surface area contributed by atoms with Crippen LogP contribution in [0.1, 0.15) is 36.7 Å². The van der Waals surface area contributed by atoms with Crippen molar-refractivity contribution in [2.45, 2.75) is 32.2 Å². The van der Waals surface area contributed by atoms with Crippen molar-refractivity contribution < 1.29 is 9.21 Å². The van der Waals surface area contributed by atoms with Gasteiger partial charge in [0.1, 0.15) is 5.69 Å². The van der Waals surface area contributed by atoms with E-state index in [0.717, 1.165) is 19.3 Å². The number of H-pyrrole nitrogens is 1. The van der Waals surface area contributed by atoms with Crippen molar-refractivity contribution in [3.8, 4) is 11.5 Å². The molecule has 2 rings (SSSR count). The smallest absolute Gasteiger partial charge is 0.272 e. The number of carbonyl (C=O) groups excluding carboxylic acids is 1. The molecule has 1 unspecified atom stereocenters. The fourth-order valence-corrected chi connectivity index (χ4v) is 1.95. The number of unbranched alkanes of at least 4 members (excludes halogenated alkanes) is 1. The first-order valence-corrected chi connectivity index (χ1v) is 6.84. The van der Waals surface area contributed by atoms with Crippen LogP contribution >= 0.6 is 0 Å². The average molecular weight is 276 g/mol. The van der Waals surface area contributed by atoms with Crippen molar-refractivity contribution in [1.82, 2.24) is 15.5 Å². The van der Waals surface area contributed by atoms with Crippen LogP contribution in [0.4, 0.5) is 0 Å². The van der Waals surface area contributed by atoms with Gasteiger partial charge in [-0.1, -0.05) is 19.8 Å². The lowest BCUT2D eigenvalue weighted by molar-refractivity contribution is 0.0930. The van der Waals surface area contributed by atoms with Gasteiger partial charge in [-0.25, -0.2) is 0 Å². The zero-order valence-electron chi connectivity index (χ0n) is 11.6. The van der Waals surface area contributed by atoms with Gasteiger partial charge in [-0.3, -0.25) is 9.89 Å². The Bertz CT molecular complexity index is 533. The Hall–Kier alpha value is -2.08. The minimum Gasteiger partial charge on any atom is -0.463 e. The van der Waals surface area contributed by atoms with Crippen molar-refractivity contribution in [2.24, 2.45) is 5.73 Å². The predicted octanol–water partition coefficient (Wildman–Crippen LogP) is 1.92. The molecule has 0 aromatic carbocycles. The SMILES string of the molecule is CCCCC(CN)NC(=O)c1cc(-c2ccco2)[nH]n1. The number of aromatic amines is 1. The lowest BCUT2D eigenvalue weighted by atomic mass is 10.1. The topological polar surface area (TPSA) is 96.9 Å². The normalized spacial score (nSPS) is 12.3. The van der Waals surface area contributed by atoms with Crippen LogP contribution < -0.4 is 11.1 Å². The summed E-state index contributed by atoms with van der Waals surface area (Å²) in [6.45, 7) is 2.54. The number of hydrogen-bond donors (Lipinski definition) is 3. The highest BCUT2D eigenvalue weighted by Gasteiger charge is 2.16. The van der Waals surface area contributed by atoms with Gasteiger partial charge in [-0.05, 0) is 18.6 Å². The minimum atomic E-state index is -0.217. The highest BCUT2D eigenvalue weighted by molar-refractivity contribution is 5.93. The maximum atomic E-state index is 12.1. The molecule has 2 heterocycles. The first-order chi connectivity index (χ1) is 9.74. The van der Waals surface area contributed by atoms with Gasteiger partial charge >= 0.3 is 0 Å². The van der Waals surface area contributed by atoms with E-state index in [-0.39, 0.29) is 11.9 Å². The molecule has 0 aliphatic rings. The standard InChI is InChI=1S/C14H20N4O2/c1-2-3-5-10(9-15)16-14(19)12-8-11(17-18-12)13-6-4-7-20-13/h4,6-8,10H,2-3,5,9,15H2,1H3,(H,16,19)(H,17,18). The summed E-state index contributed by atoms with van der Waals surface area (Å²) in [6, 6.07) is 5.25. The molecule has 2 aromatic heterocycles. The van der Waals surface area contributed by atoms with Crippen LogP contribution in [-0.4, -0.2) is 28.7 Å². The Morgan fingerprint density at radius 2 is 2.45 bits per heavy atom. The van der Waals surface area contributed by atoms with Crippen molar-refractivity contribution >= 4 is 5.91 Å². The number of amides is 1. The number of furan rings is 1. The molecule has 0 aliphatic carbocycles. The number of nitrogens with zero attached hydrogens (tertiary/aromatic N) is 1. The summed E-state index contributed by atoms with van der Waals surface area (Å²) in [7, 11) is 0. The van der Waals surface area contributed by atoms with Crippen molar-refractivity contribution in [2.75, 3.05) is 6.54 Å². The summed E-state index contributed by atoms with van der Waals surface area (Å²) < 4.78 is 5.25. The third-order valence-electron chi connectivity index (χ3n) is 3.12. The van der Waals surface area contributed by atoms with E-state index >= 15 is 0 Å². The summed E-state index contributed by atoms with van der Waals surface area (Å²) >= 11 is 0. The molecule has 6 heteroatoms. The molecule has 0 bridgehead atoms. The first-order valence-electron chi connectivity index (χ1n) is 6.84. The second-order valence-corrected chi connectivity index (χ2v) is 4.69. The number of hydrogen-bond acceptors (Lipinski definition) is 4. The van der Waals surface area contributed by atoms with Crippen LogP contribution in [0.25, 0.3) is 11.5 Å². The lowest BCUT2D eigenvalue weighted by Crippen LogP contribution is -2.40. The fourth-order valence-electron chi connectivity index (χ4n) is 1.95. The largest absolute Gasteiger partial charge is 0.463 e. The number of nitrogens with one attached hydrogen (secondary N) is 2. The van der Waals surface area contributed by atoms with E-state index in [1.165, 1.54) is 0 Å². The third-order valence-corrected chi connectivity index (χ3v) is 3.12. The van der Waals surface area contributed by atoms with E-state index < -0.39 is 0 Å². The molecule has 108 valence electrons. The Labute approximate surface area is 117 Å². The molecule has 20 heavy (non-hydrogen) atoms. The molecule has 0 fully saturated rings. The average Bonchev–Trinajstić information content (AvgIpc) is 3.12. The summed E-state index contributed by atoms with van der Waals surface area (Å²) in [5, 5.41) is 9.69. The van der Waals surface area contributed by atoms with Gasteiger partial charge in [-0.15, -0.1) is 0 Å². The summed E-state index contributed by atoms with van der Waals surface area (Å²) in [4.78, 5) is 12.1. The molecule has 0 spiro atoms. The Morgan fingerprint density at radius 1 is 1.60 bits per heavy atom. The molecule has 0 saturated carbocycles. The highest BCUT2D eigenvalue weighted by Crippen LogP contribution is 2.17. The summed E-state index contributed by atoms with van der Waals surface area (Å²) in [6.07, 6.45) is 4.58. The Kier molecular flexibility index (Phi) is 4.95. The molecular formula is C14H20N4O2. The van der Waals surface area contributed by atoms with Gasteiger partial charge in [0.25, 0.3) is 5.91 Å². The predicted molar refractivity (Wildman–Crippen MR) is 76.1 cm³/mol. The Morgan fingerprint density at radius 3 is 3.10 bits per heavy atom. The van der Waals surface area contributed by atoms with Gasteiger partial charge < -0.3 is 15.5 Å².